The highest BCUT2D eigenvalue weighted by Gasteiger charge is 2.65. The van der Waals surface area contributed by atoms with E-state index in [-0.39, 0.29) is 16.6 Å². The van der Waals surface area contributed by atoms with Gasteiger partial charge in [0.15, 0.2) is 0 Å². The summed E-state index contributed by atoms with van der Waals surface area (Å²) < 4.78 is 28.5. The van der Waals surface area contributed by atoms with E-state index >= 15 is 0 Å². The average Bonchev–Trinajstić information content (AvgIpc) is 3.19. The van der Waals surface area contributed by atoms with Crippen LogP contribution in [0.4, 0.5) is 0 Å². The van der Waals surface area contributed by atoms with Gasteiger partial charge in [0, 0.05) is 23.9 Å². The van der Waals surface area contributed by atoms with Crippen LogP contribution in [0.3, 0.4) is 0 Å². The minimum Gasteiger partial charge on any atom is -0.392 e. The third kappa shape index (κ3) is 2.39. The van der Waals surface area contributed by atoms with Crippen molar-refractivity contribution in [2.75, 3.05) is 18.8 Å². The lowest BCUT2D eigenvalue weighted by molar-refractivity contribution is 0.0143. The van der Waals surface area contributed by atoms with E-state index in [0.717, 1.165) is 32.1 Å². The number of aliphatic hydroxyl groups is 1. The highest BCUT2D eigenvalue weighted by Crippen LogP contribution is 2.66. The predicted molar refractivity (Wildman–Crippen MR) is 111 cm³/mol. The average molecular weight is 402 g/mol. The van der Waals surface area contributed by atoms with Crippen molar-refractivity contribution in [3.8, 4) is 0 Å². The number of nitrogens with zero attached hydrogens (tertiary/aromatic N) is 1. The van der Waals surface area contributed by atoms with Crippen molar-refractivity contribution in [1.29, 1.82) is 0 Å². The van der Waals surface area contributed by atoms with Gasteiger partial charge in [-0.1, -0.05) is 50.3 Å². The lowest BCUT2D eigenvalue weighted by atomic mass is 9.70. The Bertz CT molecular complexity index is 927. The van der Waals surface area contributed by atoms with Gasteiger partial charge in [0.1, 0.15) is 0 Å². The van der Waals surface area contributed by atoms with Gasteiger partial charge in [-0.2, -0.15) is 0 Å². The largest absolute Gasteiger partial charge is 0.392 e. The maximum Gasteiger partial charge on any atom is 0.214 e. The molecule has 0 radical (unpaired) electrons. The fraction of sp³-hybridized carbons (Fsp3) is 0.652. The Hall–Kier alpha value is -1.17. The summed E-state index contributed by atoms with van der Waals surface area (Å²) in [7, 11) is -3.39. The Morgan fingerprint density at radius 2 is 1.86 bits per heavy atom. The summed E-state index contributed by atoms with van der Waals surface area (Å²) in [5.41, 5.74) is 2.02. The Kier molecular flexibility index (Phi) is 3.99. The first-order valence-electron chi connectivity index (χ1n) is 10.6. The zero-order chi connectivity index (χ0) is 19.8. The lowest BCUT2D eigenvalue weighted by Crippen LogP contribution is -2.51. The number of piperidine rings is 1. The molecule has 3 aliphatic carbocycles. The summed E-state index contributed by atoms with van der Waals surface area (Å²) in [4.78, 5) is 0. The van der Waals surface area contributed by atoms with Crippen LogP contribution in [0.5, 0.6) is 0 Å². The van der Waals surface area contributed by atoms with Crippen LogP contribution in [-0.4, -0.2) is 42.8 Å². The first-order valence-corrected chi connectivity index (χ1v) is 12.3. The zero-order valence-electron chi connectivity index (χ0n) is 16.9. The van der Waals surface area contributed by atoms with E-state index in [1.54, 1.807) is 4.31 Å². The second-order valence-electron chi connectivity index (χ2n) is 10.1. The topological polar surface area (TPSA) is 57.6 Å². The molecule has 1 aliphatic heterocycles. The second-order valence-corrected chi connectivity index (χ2v) is 12.1. The molecule has 1 spiro atoms. The molecule has 2 unspecified atom stereocenters. The molecule has 4 aliphatic rings. The number of rotatable bonds is 3. The molecule has 2 saturated carbocycles. The van der Waals surface area contributed by atoms with Crippen LogP contribution in [0, 0.1) is 16.7 Å². The van der Waals surface area contributed by atoms with Crippen LogP contribution in [0.25, 0.3) is 6.08 Å². The fourth-order valence-corrected chi connectivity index (χ4v) is 9.11. The molecule has 1 N–H and O–H groups in total. The SMILES string of the molecule is CC1(C)C2CC[C@]1(CS(=O)(=O)N1CCC3(C=Cc4ccccc43)CC1)C(O)C2. The second kappa shape index (κ2) is 5.93. The van der Waals surface area contributed by atoms with Gasteiger partial charge in [0.05, 0.1) is 11.9 Å². The molecular formula is C23H31NO3S. The monoisotopic (exact) mass is 401 g/mol. The van der Waals surface area contributed by atoms with Crippen LogP contribution in [-0.2, 0) is 15.4 Å². The van der Waals surface area contributed by atoms with E-state index in [0.29, 0.717) is 19.0 Å². The van der Waals surface area contributed by atoms with Gasteiger partial charge in [-0.15, -0.1) is 0 Å². The van der Waals surface area contributed by atoms with Gasteiger partial charge < -0.3 is 5.11 Å². The van der Waals surface area contributed by atoms with E-state index < -0.39 is 21.5 Å². The molecule has 152 valence electrons. The number of fused-ring (bicyclic) bond motifs is 4. The molecular weight excluding hydrogens is 370 g/mol. The Morgan fingerprint density at radius 3 is 2.50 bits per heavy atom. The summed E-state index contributed by atoms with van der Waals surface area (Å²) >= 11 is 0. The van der Waals surface area contributed by atoms with Crippen molar-refractivity contribution in [1.82, 2.24) is 4.31 Å². The third-order valence-corrected chi connectivity index (χ3v) is 10.9. The number of hydrogen-bond acceptors (Lipinski definition) is 3. The summed E-state index contributed by atoms with van der Waals surface area (Å²) in [5.74, 6) is 0.548. The summed E-state index contributed by atoms with van der Waals surface area (Å²) in [6, 6.07) is 8.47. The minimum absolute atomic E-state index is 0.00844. The van der Waals surface area contributed by atoms with E-state index in [9.17, 15) is 13.5 Å². The normalized spacial score (nSPS) is 35.5. The van der Waals surface area contributed by atoms with Crippen molar-refractivity contribution in [2.45, 2.75) is 57.5 Å². The van der Waals surface area contributed by atoms with Crippen molar-refractivity contribution in [3.05, 3.63) is 41.5 Å². The molecule has 5 rings (SSSR count). The number of benzene rings is 1. The van der Waals surface area contributed by atoms with Gasteiger partial charge in [-0.05, 0) is 54.6 Å². The fourth-order valence-electron chi connectivity index (χ4n) is 6.83. The van der Waals surface area contributed by atoms with Crippen LogP contribution < -0.4 is 0 Å². The van der Waals surface area contributed by atoms with Crippen molar-refractivity contribution >= 4 is 16.1 Å². The molecule has 3 fully saturated rings. The highest BCUT2D eigenvalue weighted by molar-refractivity contribution is 7.89. The predicted octanol–water partition coefficient (Wildman–Crippen LogP) is 3.56. The third-order valence-electron chi connectivity index (χ3n) is 8.92. The summed E-state index contributed by atoms with van der Waals surface area (Å²) in [6.07, 6.45) is 8.29. The molecule has 1 aromatic carbocycles. The number of sulfonamides is 1. The molecule has 28 heavy (non-hydrogen) atoms. The maximum absolute atomic E-state index is 13.4. The van der Waals surface area contributed by atoms with Crippen molar-refractivity contribution in [3.63, 3.8) is 0 Å². The molecule has 3 atom stereocenters. The molecule has 2 bridgehead atoms. The van der Waals surface area contributed by atoms with Crippen LogP contribution in [0.1, 0.15) is 57.1 Å². The van der Waals surface area contributed by atoms with E-state index in [1.807, 2.05) is 0 Å². The van der Waals surface area contributed by atoms with E-state index in [1.165, 1.54) is 11.1 Å². The summed E-state index contributed by atoms with van der Waals surface area (Å²) in [5, 5.41) is 10.8. The Morgan fingerprint density at radius 1 is 1.14 bits per heavy atom. The summed E-state index contributed by atoms with van der Waals surface area (Å²) in [6.45, 7) is 5.47. The first kappa shape index (κ1) is 18.8. The Balaban J connectivity index is 1.35. The molecule has 1 heterocycles. The van der Waals surface area contributed by atoms with Gasteiger partial charge in [0.2, 0.25) is 10.0 Å². The van der Waals surface area contributed by atoms with E-state index in [2.05, 4.69) is 50.3 Å². The van der Waals surface area contributed by atoms with Gasteiger partial charge >= 0.3 is 0 Å². The molecule has 4 nitrogen and oxygen atoms in total. The minimum atomic E-state index is -3.39. The molecule has 0 amide bonds. The van der Waals surface area contributed by atoms with Gasteiger partial charge in [-0.25, -0.2) is 12.7 Å². The zero-order valence-corrected chi connectivity index (χ0v) is 17.7. The van der Waals surface area contributed by atoms with Crippen molar-refractivity contribution in [2.24, 2.45) is 16.7 Å². The Labute approximate surface area is 168 Å². The van der Waals surface area contributed by atoms with Crippen LogP contribution in [0.2, 0.25) is 0 Å². The van der Waals surface area contributed by atoms with Crippen LogP contribution in [0.15, 0.2) is 30.3 Å². The van der Waals surface area contributed by atoms with Gasteiger partial charge in [-0.3, -0.25) is 0 Å². The maximum atomic E-state index is 13.4. The number of aliphatic hydroxyl groups excluding tert-OH is 1. The molecule has 0 aromatic heterocycles. The lowest BCUT2D eigenvalue weighted by Gasteiger charge is -2.43. The van der Waals surface area contributed by atoms with Crippen molar-refractivity contribution < 1.29 is 13.5 Å². The first-order chi connectivity index (χ1) is 13.2. The smallest absolute Gasteiger partial charge is 0.214 e. The molecule has 1 aromatic rings. The highest BCUT2D eigenvalue weighted by atomic mass is 32.2. The van der Waals surface area contributed by atoms with E-state index in [4.69, 9.17) is 0 Å². The molecule has 5 heteroatoms. The molecule has 1 saturated heterocycles. The number of hydrogen-bond donors (Lipinski definition) is 1. The quantitative estimate of drug-likeness (QED) is 0.842. The van der Waals surface area contributed by atoms with Crippen LogP contribution >= 0.6 is 0 Å². The number of allylic oxidation sites excluding steroid dienone is 1. The van der Waals surface area contributed by atoms with Gasteiger partial charge in [0.25, 0.3) is 0 Å². The standard InChI is InChI=1S/C23H31NO3S/c1-21(2)18-8-10-23(21,20(25)15-18)16-28(26,27)24-13-11-22(12-14-24)9-7-17-5-3-4-6-19(17)22/h3-7,9,18,20,25H,8,10-16H2,1-2H3/t18?,20?,23-/m0/s1.